The number of nitrogens with one attached hydrogen (secondary N) is 2. The molecule has 1 unspecified atom stereocenters. The maximum atomic E-state index is 13.8. The maximum Gasteiger partial charge on any atom is 0.324 e. The summed E-state index contributed by atoms with van der Waals surface area (Å²) in [5.41, 5.74) is 0.757. The third-order valence-electron chi connectivity index (χ3n) is 3.91. The minimum Gasteiger partial charge on any atom is -0.336 e. The fourth-order valence-electron chi connectivity index (χ4n) is 2.56. The molecule has 0 aliphatic carbocycles. The van der Waals surface area contributed by atoms with E-state index in [-0.39, 0.29) is 18.7 Å². The number of para-hydroxylation sites is 1. The molecule has 0 spiro atoms. The molecule has 6 nitrogen and oxygen atoms in total. The van der Waals surface area contributed by atoms with E-state index in [2.05, 4.69) is 10.6 Å². The van der Waals surface area contributed by atoms with Crippen molar-refractivity contribution >= 4 is 23.5 Å². The topological polar surface area (TPSA) is 78.5 Å². The van der Waals surface area contributed by atoms with E-state index >= 15 is 0 Å². The molecule has 1 heterocycles. The number of hydrogen-bond acceptors (Lipinski definition) is 3. The average Bonchev–Trinajstić information content (AvgIpc) is 2.61. The molecule has 0 saturated carbocycles. The van der Waals surface area contributed by atoms with Gasteiger partial charge in [-0.15, -0.1) is 0 Å². The van der Waals surface area contributed by atoms with Crippen LogP contribution in [0.5, 0.6) is 0 Å². The van der Waals surface area contributed by atoms with Crippen molar-refractivity contribution in [2.45, 2.75) is 6.54 Å². The number of hydrogen-bond donors (Lipinski definition) is 2. The van der Waals surface area contributed by atoms with Crippen LogP contribution in [0.15, 0.2) is 54.6 Å². The van der Waals surface area contributed by atoms with Gasteiger partial charge < -0.3 is 10.6 Å². The van der Waals surface area contributed by atoms with Gasteiger partial charge in [-0.05, 0) is 18.2 Å². The van der Waals surface area contributed by atoms with Crippen LogP contribution in [-0.2, 0) is 16.1 Å². The Labute approximate surface area is 143 Å². The number of carbonyl (C=O) groups is 3. The lowest BCUT2D eigenvalue weighted by molar-refractivity contribution is -0.139. The molecule has 25 heavy (non-hydrogen) atoms. The first-order chi connectivity index (χ1) is 12.1. The molecule has 0 radical (unpaired) electrons. The van der Waals surface area contributed by atoms with Crippen molar-refractivity contribution in [1.29, 1.82) is 0 Å². The Hall–Kier alpha value is -3.22. The lowest BCUT2D eigenvalue weighted by Crippen LogP contribution is -2.57. The van der Waals surface area contributed by atoms with E-state index in [4.69, 9.17) is 0 Å². The van der Waals surface area contributed by atoms with Gasteiger partial charge in [-0.3, -0.25) is 14.5 Å². The molecule has 1 aliphatic rings. The summed E-state index contributed by atoms with van der Waals surface area (Å²) in [5, 5.41) is 5.14. The van der Waals surface area contributed by atoms with E-state index in [0.29, 0.717) is 5.69 Å². The fourth-order valence-corrected chi connectivity index (χ4v) is 2.56. The highest BCUT2D eigenvalue weighted by Crippen LogP contribution is 2.17. The van der Waals surface area contributed by atoms with Crippen molar-refractivity contribution in [3.05, 3.63) is 66.0 Å². The maximum absolute atomic E-state index is 13.8. The van der Waals surface area contributed by atoms with Crippen LogP contribution in [0.4, 0.5) is 14.9 Å². The molecule has 2 N–H and O–H groups in total. The molecule has 1 saturated heterocycles. The molecule has 2 aromatic carbocycles. The van der Waals surface area contributed by atoms with E-state index in [0.717, 1.165) is 4.90 Å². The third-order valence-corrected chi connectivity index (χ3v) is 3.91. The van der Waals surface area contributed by atoms with Gasteiger partial charge in [0.05, 0.1) is 6.54 Å². The quantitative estimate of drug-likeness (QED) is 0.836. The normalized spacial score (nSPS) is 17.2. The first kappa shape index (κ1) is 16.6. The molecule has 7 heteroatoms. The van der Waals surface area contributed by atoms with Gasteiger partial charge >= 0.3 is 6.03 Å². The number of rotatable bonds is 4. The van der Waals surface area contributed by atoms with Gasteiger partial charge in [0.1, 0.15) is 11.7 Å². The summed E-state index contributed by atoms with van der Waals surface area (Å²) < 4.78 is 13.8. The summed E-state index contributed by atoms with van der Waals surface area (Å²) >= 11 is 0. The van der Waals surface area contributed by atoms with Crippen molar-refractivity contribution in [3.8, 4) is 0 Å². The highest BCUT2D eigenvalue weighted by Gasteiger charge is 2.38. The fraction of sp³-hybridized carbons (Fsp3) is 0.167. The number of amides is 4. The zero-order valence-corrected chi connectivity index (χ0v) is 13.2. The number of nitrogens with zero attached hydrogens (tertiary/aromatic N) is 1. The van der Waals surface area contributed by atoms with E-state index in [1.165, 1.54) is 18.2 Å². The molecule has 128 valence electrons. The van der Waals surface area contributed by atoms with Crippen LogP contribution in [0.2, 0.25) is 0 Å². The number of benzene rings is 2. The summed E-state index contributed by atoms with van der Waals surface area (Å²) in [6, 6.07) is 13.9. The minimum atomic E-state index is -1.07. The van der Waals surface area contributed by atoms with Crippen molar-refractivity contribution in [2.24, 2.45) is 5.92 Å². The largest absolute Gasteiger partial charge is 0.336 e. The van der Waals surface area contributed by atoms with Gasteiger partial charge in [0.2, 0.25) is 11.8 Å². The summed E-state index contributed by atoms with van der Waals surface area (Å²) in [6.07, 6.45) is 0. The van der Waals surface area contributed by atoms with Crippen molar-refractivity contribution < 1.29 is 18.8 Å². The number of carbonyl (C=O) groups excluding carboxylic acids is 3. The molecule has 1 aliphatic heterocycles. The van der Waals surface area contributed by atoms with Gasteiger partial charge in [-0.25, -0.2) is 9.18 Å². The zero-order valence-electron chi connectivity index (χ0n) is 13.2. The SMILES string of the molecule is O=C(Nc1ccccc1)C1CNC(=O)N(Cc2ccccc2F)C1=O. The van der Waals surface area contributed by atoms with Gasteiger partial charge in [-0.2, -0.15) is 0 Å². The van der Waals surface area contributed by atoms with Crippen LogP contribution in [0, 0.1) is 11.7 Å². The highest BCUT2D eigenvalue weighted by atomic mass is 19.1. The lowest BCUT2D eigenvalue weighted by atomic mass is 10.0. The van der Waals surface area contributed by atoms with Crippen molar-refractivity contribution in [3.63, 3.8) is 0 Å². The molecule has 1 fully saturated rings. The van der Waals surface area contributed by atoms with Gasteiger partial charge in [0, 0.05) is 17.8 Å². The van der Waals surface area contributed by atoms with Crippen LogP contribution in [0.25, 0.3) is 0 Å². The number of urea groups is 1. The smallest absolute Gasteiger partial charge is 0.324 e. The first-order valence-electron chi connectivity index (χ1n) is 7.75. The highest BCUT2D eigenvalue weighted by molar-refractivity contribution is 6.12. The Kier molecular flexibility index (Phi) is 4.74. The van der Waals surface area contributed by atoms with E-state index in [1.807, 2.05) is 0 Å². The second-order valence-electron chi connectivity index (χ2n) is 5.61. The van der Waals surface area contributed by atoms with Gasteiger partial charge in [0.15, 0.2) is 0 Å². The minimum absolute atomic E-state index is 0.0931. The third kappa shape index (κ3) is 3.65. The summed E-state index contributed by atoms with van der Waals surface area (Å²) in [7, 11) is 0. The predicted molar refractivity (Wildman–Crippen MR) is 88.9 cm³/mol. The van der Waals surface area contributed by atoms with Gasteiger partial charge in [0.25, 0.3) is 0 Å². The van der Waals surface area contributed by atoms with Crippen LogP contribution in [0.3, 0.4) is 0 Å². The zero-order chi connectivity index (χ0) is 17.8. The van der Waals surface area contributed by atoms with E-state index in [9.17, 15) is 18.8 Å². The average molecular weight is 341 g/mol. The molecule has 3 rings (SSSR count). The van der Waals surface area contributed by atoms with Crippen molar-refractivity contribution in [1.82, 2.24) is 10.2 Å². The summed E-state index contributed by atoms with van der Waals surface area (Å²) in [6.45, 7) is -0.323. The molecule has 1 atom stereocenters. The molecular weight excluding hydrogens is 325 g/mol. The van der Waals surface area contributed by atoms with Gasteiger partial charge in [-0.1, -0.05) is 36.4 Å². The summed E-state index contributed by atoms with van der Waals surface area (Å²) in [4.78, 5) is 37.8. The standard InChI is InChI=1S/C18H16FN3O3/c19-15-9-5-4-6-12(15)11-22-17(24)14(10-20-18(22)25)16(23)21-13-7-2-1-3-8-13/h1-9,14H,10-11H2,(H,20,25)(H,21,23). The summed E-state index contributed by atoms with van der Waals surface area (Å²) in [5.74, 6) is -2.75. The number of halogens is 1. The second-order valence-corrected chi connectivity index (χ2v) is 5.61. The van der Waals surface area contributed by atoms with Crippen LogP contribution < -0.4 is 10.6 Å². The molecule has 2 aromatic rings. The van der Waals surface area contributed by atoms with E-state index < -0.39 is 29.6 Å². The Balaban J connectivity index is 1.74. The first-order valence-corrected chi connectivity index (χ1v) is 7.75. The monoisotopic (exact) mass is 341 g/mol. The van der Waals surface area contributed by atoms with Crippen molar-refractivity contribution in [2.75, 3.05) is 11.9 Å². The second kappa shape index (κ2) is 7.12. The molecule has 0 aromatic heterocycles. The molecule has 0 bridgehead atoms. The number of anilines is 1. The Bertz CT molecular complexity index is 810. The molecule has 4 amide bonds. The van der Waals surface area contributed by atoms with Crippen LogP contribution >= 0.6 is 0 Å². The Morgan fingerprint density at radius 2 is 1.80 bits per heavy atom. The number of imide groups is 1. The Morgan fingerprint density at radius 3 is 2.52 bits per heavy atom. The molecular formula is C18H16FN3O3. The lowest BCUT2D eigenvalue weighted by Gasteiger charge is -2.30. The predicted octanol–water partition coefficient (Wildman–Crippen LogP) is 2.13. The van der Waals surface area contributed by atoms with Crippen LogP contribution in [0.1, 0.15) is 5.56 Å². The Morgan fingerprint density at radius 1 is 1.12 bits per heavy atom. The van der Waals surface area contributed by atoms with Crippen LogP contribution in [-0.4, -0.2) is 29.3 Å². The van der Waals surface area contributed by atoms with E-state index in [1.54, 1.807) is 36.4 Å².